The van der Waals surface area contributed by atoms with Crippen LogP contribution in [0.4, 0.5) is 0 Å². The molecule has 0 amide bonds. The summed E-state index contributed by atoms with van der Waals surface area (Å²) in [5, 5.41) is 9.33. The number of sulfonamides is 1. The zero-order chi connectivity index (χ0) is 16.4. The van der Waals surface area contributed by atoms with Crippen LogP contribution in [0.15, 0.2) is 23.1 Å². The van der Waals surface area contributed by atoms with Crippen LogP contribution in [0.3, 0.4) is 0 Å². The number of hydrogen-bond donors (Lipinski definition) is 1. The van der Waals surface area contributed by atoms with E-state index >= 15 is 0 Å². The third-order valence-corrected chi connectivity index (χ3v) is 6.07. The van der Waals surface area contributed by atoms with Gasteiger partial charge in [-0.05, 0) is 44.0 Å². The fourth-order valence-corrected chi connectivity index (χ4v) is 4.56. The second-order valence-electron chi connectivity index (χ2n) is 7.49. The smallest absolute Gasteiger partial charge is 0.241 e. The summed E-state index contributed by atoms with van der Waals surface area (Å²) >= 11 is 0. The van der Waals surface area contributed by atoms with Crippen LogP contribution >= 0.6 is 0 Å². The fourth-order valence-electron chi connectivity index (χ4n) is 3.05. The highest BCUT2D eigenvalue weighted by Crippen LogP contribution is 2.55. The number of nitrogens with one attached hydrogen (secondary N) is 1. The van der Waals surface area contributed by atoms with Gasteiger partial charge in [0.2, 0.25) is 10.0 Å². The van der Waals surface area contributed by atoms with Gasteiger partial charge in [0.25, 0.3) is 0 Å². The van der Waals surface area contributed by atoms with Crippen LogP contribution < -0.4 is 9.46 Å². The molecule has 5 nitrogen and oxygen atoms in total. The molecule has 6 heteroatoms. The van der Waals surface area contributed by atoms with Gasteiger partial charge in [0.05, 0.1) is 11.0 Å². The van der Waals surface area contributed by atoms with E-state index < -0.39 is 15.6 Å². The average molecular weight is 320 g/mol. The van der Waals surface area contributed by atoms with Gasteiger partial charge in [0.1, 0.15) is 16.9 Å². The van der Waals surface area contributed by atoms with Gasteiger partial charge in [-0.3, -0.25) is 0 Å². The second kappa shape index (κ2) is 4.24. The highest BCUT2D eigenvalue weighted by atomic mass is 32.2. The Kier molecular flexibility index (Phi) is 2.95. The SMILES string of the molecule is CC1(C)Cc2cc(S(=O)(=O)NC3(C#N)CC3(C)C)ccc2O1. The predicted molar refractivity (Wildman–Crippen MR) is 81.9 cm³/mol. The molecule has 1 aliphatic heterocycles. The fraction of sp³-hybridized carbons (Fsp3) is 0.562. The molecule has 1 atom stereocenters. The largest absolute Gasteiger partial charge is 0.487 e. The lowest BCUT2D eigenvalue weighted by Gasteiger charge is -2.16. The van der Waals surface area contributed by atoms with Crippen molar-refractivity contribution in [3.63, 3.8) is 0 Å². The number of nitriles is 1. The van der Waals surface area contributed by atoms with E-state index in [-0.39, 0.29) is 15.9 Å². The summed E-state index contributed by atoms with van der Waals surface area (Å²) in [7, 11) is -3.73. The van der Waals surface area contributed by atoms with Gasteiger partial charge in [0.15, 0.2) is 0 Å². The highest BCUT2D eigenvalue weighted by molar-refractivity contribution is 7.89. The van der Waals surface area contributed by atoms with Crippen molar-refractivity contribution in [3.05, 3.63) is 23.8 Å². The molecule has 2 aliphatic rings. The summed E-state index contributed by atoms with van der Waals surface area (Å²) in [5.74, 6) is 0.727. The molecule has 1 heterocycles. The summed E-state index contributed by atoms with van der Waals surface area (Å²) < 4.78 is 33.5. The average Bonchev–Trinajstić information content (AvgIpc) is 2.75. The van der Waals surface area contributed by atoms with Gasteiger partial charge in [-0.25, -0.2) is 8.42 Å². The van der Waals surface area contributed by atoms with Crippen molar-refractivity contribution in [2.75, 3.05) is 0 Å². The molecule has 0 radical (unpaired) electrons. The number of nitrogens with zero attached hydrogens (tertiary/aromatic N) is 1. The topological polar surface area (TPSA) is 79.2 Å². The number of benzene rings is 1. The first-order valence-corrected chi connectivity index (χ1v) is 8.76. The van der Waals surface area contributed by atoms with Gasteiger partial charge in [-0.15, -0.1) is 0 Å². The van der Waals surface area contributed by atoms with E-state index in [0.29, 0.717) is 12.8 Å². The molecule has 1 aromatic rings. The van der Waals surface area contributed by atoms with Gasteiger partial charge < -0.3 is 4.74 Å². The van der Waals surface area contributed by atoms with E-state index in [9.17, 15) is 13.7 Å². The van der Waals surface area contributed by atoms with Crippen molar-refractivity contribution >= 4 is 10.0 Å². The maximum absolute atomic E-state index is 12.6. The molecule has 0 spiro atoms. The molecule has 1 aromatic carbocycles. The van der Waals surface area contributed by atoms with E-state index in [1.807, 2.05) is 27.7 Å². The summed E-state index contributed by atoms with van der Waals surface area (Å²) in [6.45, 7) is 7.71. The third kappa shape index (κ3) is 2.29. The lowest BCUT2D eigenvalue weighted by Crippen LogP contribution is -2.39. The molecule has 1 aliphatic carbocycles. The summed E-state index contributed by atoms with van der Waals surface area (Å²) in [5.41, 5.74) is -0.768. The molecule has 118 valence electrons. The molecule has 3 rings (SSSR count). The Morgan fingerprint density at radius 3 is 2.45 bits per heavy atom. The van der Waals surface area contributed by atoms with Crippen molar-refractivity contribution in [1.82, 2.24) is 4.72 Å². The molecule has 1 saturated carbocycles. The molecule has 0 bridgehead atoms. The number of hydrogen-bond acceptors (Lipinski definition) is 4. The van der Waals surface area contributed by atoms with Crippen LogP contribution in [0.25, 0.3) is 0 Å². The maximum atomic E-state index is 12.6. The number of fused-ring (bicyclic) bond motifs is 1. The lowest BCUT2D eigenvalue weighted by atomic mass is 10.0. The molecule has 22 heavy (non-hydrogen) atoms. The monoisotopic (exact) mass is 320 g/mol. The van der Waals surface area contributed by atoms with E-state index in [0.717, 1.165) is 11.3 Å². The first-order chi connectivity index (χ1) is 10.0. The Morgan fingerprint density at radius 1 is 1.27 bits per heavy atom. The second-order valence-corrected chi connectivity index (χ2v) is 9.17. The standard InChI is InChI=1S/C16H20N2O3S/c1-14(2)9-16(14,10-17)18-22(19,20)12-5-6-13-11(7-12)8-15(3,4)21-13/h5-7,18H,8-9H2,1-4H3. The predicted octanol–water partition coefficient (Wildman–Crippen LogP) is 2.37. The Morgan fingerprint density at radius 2 is 1.91 bits per heavy atom. The van der Waals surface area contributed by atoms with Gasteiger partial charge in [-0.2, -0.15) is 9.98 Å². The minimum absolute atomic E-state index is 0.185. The van der Waals surface area contributed by atoms with E-state index in [2.05, 4.69) is 10.8 Å². The van der Waals surface area contributed by atoms with Gasteiger partial charge in [0, 0.05) is 11.8 Å². The third-order valence-electron chi connectivity index (χ3n) is 4.58. The highest BCUT2D eigenvalue weighted by Gasteiger charge is 2.64. The van der Waals surface area contributed by atoms with Crippen LogP contribution in [0.1, 0.15) is 39.7 Å². The van der Waals surface area contributed by atoms with Crippen LogP contribution in [-0.2, 0) is 16.4 Å². The Labute approximate surface area is 131 Å². The first-order valence-electron chi connectivity index (χ1n) is 7.28. The van der Waals surface area contributed by atoms with E-state index in [1.165, 1.54) is 6.07 Å². The molecule has 1 unspecified atom stereocenters. The van der Waals surface area contributed by atoms with Crippen LogP contribution in [0, 0.1) is 16.7 Å². The molecule has 1 fully saturated rings. The van der Waals surface area contributed by atoms with Crippen molar-refractivity contribution in [1.29, 1.82) is 5.26 Å². The van der Waals surface area contributed by atoms with Crippen molar-refractivity contribution in [3.8, 4) is 11.8 Å². The molecule has 0 saturated heterocycles. The minimum Gasteiger partial charge on any atom is -0.487 e. The Hall–Kier alpha value is -1.58. The summed E-state index contributed by atoms with van der Waals surface area (Å²) in [4.78, 5) is 0.185. The minimum atomic E-state index is -3.73. The maximum Gasteiger partial charge on any atom is 0.241 e. The summed E-state index contributed by atoms with van der Waals surface area (Å²) in [6.07, 6.45) is 1.19. The van der Waals surface area contributed by atoms with Crippen molar-refractivity contribution in [2.24, 2.45) is 5.41 Å². The van der Waals surface area contributed by atoms with Crippen LogP contribution in [-0.4, -0.2) is 19.6 Å². The van der Waals surface area contributed by atoms with Crippen LogP contribution in [0.2, 0.25) is 0 Å². The molecule has 0 aromatic heterocycles. The molecular weight excluding hydrogens is 300 g/mol. The van der Waals surface area contributed by atoms with Gasteiger partial charge in [-0.1, -0.05) is 13.8 Å². The summed E-state index contributed by atoms with van der Waals surface area (Å²) in [6, 6.07) is 6.99. The van der Waals surface area contributed by atoms with E-state index in [1.54, 1.807) is 12.1 Å². The zero-order valence-corrected chi connectivity index (χ0v) is 14.0. The van der Waals surface area contributed by atoms with Crippen LogP contribution in [0.5, 0.6) is 5.75 Å². The lowest BCUT2D eigenvalue weighted by molar-refractivity contribution is 0.138. The number of rotatable bonds is 3. The zero-order valence-electron chi connectivity index (χ0n) is 13.2. The van der Waals surface area contributed by atoms with Crippen molar-refractivity contribution in [2.45, 2.75) is 56.6 Å². The normalized spacial score (nSPS) is 27.6. The Balaban J connectivity index is 1.91. The van der Waals surface area contributed by atoms with Gasteiger partial charge >= 0.3 is 0 Å². The molecular formula is C16H20N2O3S. The molecule has 1 N–H and O–H groups in total. The first kappa shape index (κ1) is 15.3. The Bertz CT molecular complexity index is 790. The van der Waals surface area contributed by atoms with E-state index in [4.69, 9.17) is 4.74 Å². The number of ether oxygens (including phenoxy) is 1. The quantitative estimate of drug-likeness (QED) is 0.927. The van der Waals surface area contributed by atoms with Crippen molar-refractivity contribution < 1.29 is 13.2 Å².